The standard InChI is InChI=1S/C13H13BrN4O/c14-9-1-2-11(15)10(7-9)13(19)18-6-5-17-4-3-16-12(17)8-18/h1-4,7H,5-6,8,15H2. The third kappa shape index (κ3) is 2.23. The highest BCUT2D eigenvalue weighted by atomic mass is 79.9. The van der Waals surface area contributed by atoms with Crippen molar-refractivity contribution in [2.45, 2.75) is 13.1 Å². The molecule has 1 aromatic carbocycles. The molecule has 1 aliphatic rings. The van der Waals surface area contributed by atoms with Crippen LogP contribution >= 0.6 is 15.9 Å². The fraction of sp³-hybridized carbons (Fsp3) is 0.231. The van der Waals surface area contributed by atoms with Gasteiger partial charge in [-0.25, -0.2) is 4.98 Å². The molecule has 0 atom stereocenters. The molecule has 19 heavy (non-hydrogen) atoms. The van der Waals surface area contributed by atoms with Gasteiger partial charge >= 0.3 is 0 Å². The zero-order valence-corrected chi connectivity index (χ0v) is 11.8. The molecule has 0 saturated carbocycles. The van der Waals surface area contributed by atoms with Crippen molar-refractivity contribution in [2.75, 3.05) is 12.3 Å². The van der Waals surface area contributed by atoms with E-state index in [0.717, 1.165) is 16.8 Å². The largest absolute Gasteiger partial charge is 0.398 e. The van der Waals surface area contributed by atoms with Crippen LogP contribution in [0.5, 0.6) is 0 Å². The maximum atomic E-state index is 12.5. The van der Waals surface area contributed by atoms with Crippen LogP contribution in [-0.4, -0.2) is 26.9 Å². The van der Waals surface area contributed by atoms with E-state index < -0.39 is 0 Å². The van der Waals surface area contributed by atoms with E-state index in [4.69, 9.17) is 5.73 Å². The number of nitrogens with two attached hydrogens (primary N) is 1. The monoisotopic (exact) mass is 320 g/mol. The summed E-state index contributed by atoms with van der Waals surface area (Å²) in [5.74, 6) is 0.862. The third-order valence-corrected chi connectivity index (χ3v) is 3.77. The molecular formula is C13H13BrN4O. The van der Waals surface area contributed by atoms with Crippen LogP contribution < -0.4 is 5.73 Å². The number of rotatable bonds is 1. The van der Waals surface area contributed by atoms with Crippen LogP contribution in [0.2, 0.25) is 0 Å². The first-order valence-electron chi connectivity index (χ1n) is 5.99. The van der Waals surface area contributed by atoms with E-state index in [-0.39, 0.29) is 5.91 Å². The number of nitrogen functional groups attached to an aromatic ring is 1. The quantitative estimate of drug-likeness (QED) is 0.816. The lowest BCUT2D eigenvalue weighted by atomic mass is 10.1. The summed E-state index contributed by atoms with van der Waals surface area (Å²) in [6.07, 6.45) is 3.70. The van der Waals surface area contributed by atoms with Gasteiger partial charge in [-0.15, -0.1) is 0 Å². The molecular weight excluding hydrogens is 308 g/mol. The molecule has 0 unspecified atom stereocenters. The summed E-state index contributed by atoms with van der Waals surface area (Å²) in [6, 6.07) is 5.33. The van der Waals surface area contributed by atoms with Gasteiger partial charge < -0.3 is 15.2 Å². The average molecular weight is 321 g/mol. The summed E-state index contributed by atoms with van der Waals surface area (Å²) < 4.78 is 2.91. The van der Waals surface area contributed by atoms with E-state index in [9.17, 15) is 4.79 Å². The van der Waals surface area contributed by atoms with Crippen LogP contribution in [0.1, 0.15) is 16.2 Å². The van der Waals surface area contributed by atoms with Crippen molar-refractivity contribution in [3.63, 3.8) is 0 Å². The molecule has 2 heterocycles. The third-order valence-electron chi connectivity index (χ3n) is 3.28. The van der Waals surface area contributed by atoms with Crippen molar-refractivity contribution in [2.24, 2.45) is 0 Å². The Hall–Kier alpha value is -1.82. The van der Waals surface area contributed by atoms with Gasteiger partial charge in [0.2, 0.25) is 0 Å². The molecule has 0 bridgehead atoms. The maximum absolute atomic E-state index is 12.5. The van der Waals surface area contributed by atoms with E-state index in [1.165, 1.54) is 0 Å². The number of amides is 1. The van der Waals surface area contributed by atoms with Crippen LogP contribution in [0.15, 0.2) is 35.1 Å². The maximum Gasteiger partial charge on any atom is 0.256 e. The topological polar surface area (TPSA) is 64.2 Å². The number of halogens is 1. The molecule has 6 heteroatoms. The molecule has 3 rings (SSSR count). The summed E-state index contributed by atoms with van der Waals surface area (Å²) in [4.78, 5) is 18.5. The summed E-state index contributed by atoms with van der Waals surface area (Å²) in [5, 5.41) is 0. The van der Waals surface area contributed by atoms with Gasteiger partial charge in [0.15, 0.2) is 0 Å². The smallest absolute Gasteiger partial charge is 0.256 e. The van der Waals surface area contributed by atoms with Crippen molar-refractivity contribution >= 4 is 27.5 Å². The zero-order valence-electron chi connectivity index (χ0n) is 10.2. The number of aromatic nitrogens is 2. The first-order chi connectivity index (χ1) is 9.15. The first-order valence-corrected chi connectivity index (χ1v) is 6.79. The van der Waals surface area contributed by atoms with Gasteiger partial charge in [0.25, 0.3) is 5.91 Å². The Morgan fingerprint density at radius 3 is 3.05 bits per heavy atom. The van der Waals surface area contributed by atoms with Crippen molar-refractivity contribution in [3.05, 3.63) is 46.5 Å². The highest BCUT2D eigenvalue weighted by Gasteiger charge is 2.23. The second kappa shape index (κ2) is 4.70. The summed E-state index contributed by atoms with van der Waals surface area (Å²) in [7, 11) is 0. The van der Waals surface area contributed by atoms with Gasteiger partial charge in [-0.2, -0.15) is 0 Å². The molecule has 0 fully saturated rings. The van der Waals surface area contributed by atoms with Crippen LogP contribution in [0.25, 0.3) is 0 Å². The van der Waals surface area contributed by atoms with Gasteiger partial charge in [-0.1, -0.05) is 15.9 Å². The van der Waals surface area contributed by atoms with Crippen LogP contribution in [0, 0.1) is 0 Å². The van der Waals surface area contributed by atoms with E-state index in [1.54, 1.807) is 23.2 Å². The fourth-order valence-corrected chi connectivity index (χ4v) is 2.59. The minimum absolute atomic E-state index is 0.0481. The van der Waals surface area contributed by atoms with Crippen LogP contribution in [0.3, 0.4) is 0 Å². The molecule has 2 N–H and O–H groups in total. The Bertz CT molecular complexity index is 637. The average Bonchev–Trinajstić information content (AvgIpc) is 2.88. The molecule has 0 spiro atoms. The Morgan fingerprint density at radius 2 is 2.21 bits per heavy atom. The fourth-order valence-electron chi connectivity index (χ4n) is 2.23. The molecule has 5 nitrogen and oxygen atoms in total. The second-order valence-corrected chi connectivity index (χ2v) is 5.41. The number of nitrogens with zero attached hydrogens (tertiary/aromatic N) is 3. The van der Waals surface area contributed by atoms with Gasteiger partial charge in [0.1, 0.15) is 5.82 Å². The Labute approximate surface area is 119 Å². The minimum Gasteiger partial charge on any atom is -0.398 e. The van der Waals surface area contributed by atoms with E-state index in [2.05, 4.69) is 25.5 Å². The lowest BCUT2D eigenvalue weighted by Crippen LogP contribution is -2.38. The highest BCUT2D eigenvalue weighted by molar-refractivity contribution is 9.10. The Kier molecular flexibility index (Phi) is 3.02. The molecule has 98 valence electrons. The van der Waals surface area contributed by atoms with E-state index >= 15 is 0 Å². The van der Waals surface area contributed by atoms with Crippen molar-refractivity contribution in [3.8, 4) is 0 Å². The number of benzene rings is 1. The molecule has 1 amide bonds. The molecule has 0 aliphatic carbocycles. The molecule has 0 saturated heterocycles. The summed E-state index contributed by atoms with van der Waals surface area (Å²) in [6.45, 7) is 1.97. The van der Waals surface area contributed by atoms with Gasteiger partial charge in [-0.05, 0) is 18.2 Å². The number of fused-ring (bicyclic) bond motifs is 1. The zero-order chi connectivity index (χ0) is 13.4. The Morgan fingerprint density at radius 1 is 1.37 bits per heavy atom. The number of carbonyl (C=O) groups is 1. The van der Waals surface area contributed by atoms with Crippen molar-refractivity contribution < 1.29 is 4.79 Å². The summed E-state index contributed by atoms with van der Waals surface area (Å²) >= 11 is 3.37. The molecule has 1 aliphatic heterocycles. The number of hydrogen-bond donors (Lipinski definition) is 1. The van der Waals surface area contributed by atoms with Crippen LogP contribution in [-0.2, 0) is 13.1 Å². The highest BCUT2D eigenvalue weighted by Crippen LogP contribution is 2.22. The molecule has 1 aromatic heterocycles. The minimum atomic E-state index is -0.0481. The first kappa shape index (κ1) is 12.2. The molecule has 0 radical (unpaired) electrons. The van der Waals surface area contributed by atoms with E-state index in [0.29, 0.717) is 24.3 Å². The number of carbonyl (C=O) groups excluding carboxylic acids is 1. The van der Waals surface area contributed by atoms with Gasteiger partial charge in [0, 0.05) is 35.6 Å². The lowest BCUT2D eigenvalue weighted by molar-refractivity contribution is 0.0708. The number of imidazole rings is 1. The van der Waals surface area contributed by atoms with Crippen molar-refractivity contribution in [1.29, 1.82) is 0 Å². The number of anilines is 1. The predicted molar refractivity (Wildman–Crippen MR) is 75.5 cm³/mol. The summed E-state index contributed by atoms with van der Waals surface area (Å²) in [5.41, 5.74) is 6.92. The Balaban J connectivity index is 1.87. The molecule has 2 aromatic rings. The second-order valence-electron chi connectivity index (χ2n) is 4.50. The van der Waals surface area contributed by atoms with E-state index in [1.807, 2.05) is 12.3 Å². The normalized spacial score (nSPS) is 14.3. The lowest BCUT2D eigenvalue weighted by Gasteiger charge is -2.28. The van der Waals surface area contributed by atoms with Crippen LogP contribution in [0.4, 0.5) is 5.69 Å². The SMILES string of the molecule is Nc1ccc(Br)cc1C(=O)N1CCn2ccnc2C1. The predicted octanol–water partition coefficient (Wildman–Crippen LogP) is 1.88. The van der Waals surface area contributed by atoms with Crippen molar-refractivity contribution in [1.82, 2.24) is 14.5 Å². The van der Waals surface area contributed by atoms with Gasteiger partial charge in [0.05, 0.1) is 12.1 Å². The number of hydrogen-bond acceptors (Lipinski definition) is 3. The van der Waals surface area contributed by atoms with Gasteiger partial charge in [-0.3, -0.25) is 4.79 Å².